The van der Waals surface area contributed by atoms with Crippen LogP contribution in [0.5, 0.6) is 5.75 Å². The molecule has 9 heteroatoms. The number of nitro benzene ring substituents is 1. The van der Waals surface area contributed by atoms with E-state index >= 15 is 0 Å². The van der Waals surface area contributed by atoms with E-state index in [1.165, 1.54) is 41.0 Å². The predicted octanol–water partition coefficient (Wildman–Crippen LogP) is 3.89. The number of nitro groups is 1. The lowest BCUT2D eigenvalue weighted by Gasteiger charge is -2.16. The highest BCUT2D eigenvalue weighted by atomic mass is 32.1. The number of amides is 1. The molecule has 1 atom stereocenters. The van der Waals surface area contributed by atoms with Gasteiger partial charge in [-0.2, -0.15) is 0 Å². The third kappa shape index (κ3) is 4.73. The van der Waals surface area contributed by atoms with Crippen molar-refractivity contribution in [3.8, 4) is 5.75 Å². The number of carbonyl (C=O) groups excluding carboxylic acids is 2. The molecule has 0 saturated carbocycles. The van der Waals surface area contributed by atoms with Gasteiger partial charge in [0.1, 0.15) is 4.88 Å². The molecule has 2 aromatic rings. The number of esters is 1. The van der Waals surface area contributed by atoms with Crippen LogP contribution in [0, 0.1) is 23.0 Å². The first-order valence-electron chi connectivity index (χ1n) is 9.20. The second-order valence-corrected chi connectivity index (χ2v) is 8.26. The van der Waals surface area contributed by atoms with Crippen molar-refractivity contribution in [1.29, 1.82) is 0 Å². The number of nitrogens with zero attached hydrogens (tertiary/aromatic N) is 1. The Labute approximate surface area is 172 Å². The number of hydrogen-bond donors (Lipinski definition) is 1. The van der Waals surface area contributed by atoms with Crippen LogP contribution in [0.3, 0.4) is 0 Å². The molecule has 3 rings (SSSR count). The average molecular weight is 418 g/mol. The molecule has 1 N–H and O–H groups in total. The number of ether oxygens (including phenoxy) is 2. The highest BCUT2D eigenvalue weighted by molar-refractivity contribution is 7.14. The average Bonchev–Trinajstić information content (AvgIpc) is 3.10. The summed E-state index contributed by atoms with van der Waals surface area (Å²) in [5.74, 6) is -0.419. The van der Waals surface area contributed by atoms with E-state index in [1.54, 1.807) is 6.92 Å². The normalized spacial score (nSPS) is 15.3. The maximum absolute atomic E-state index is 12.3. The molecule has 0 aliphatic heterocycles. The number of benzene rings is 1. The largest absolute Gasteiger partial charge is 0.490 e. The van der Waals surface area contributed by atoms with Crippen LogP contribution in [0.1, 0.15) is 39.0 Å². The number of methoxy groups -OCH3 is 1. The van der Waals surface area contributed by atoms with Gasteiger partial charge in [-0.15, -0.1) is 11.3 Å². The maximum Gasteiger partial charge on any atom is 0.348 e. The molecule has 1 aromatic carbocycles. The van der Waals surface area contributed by atoms with Crippen molar-refractivity contribution in [2.24, 2.45) is 5.92 Å². The highest BCUT2D eigenvalue weighted by Gasteiger charge is 2.22. The summed E-state index contributed by atoms with van der Waals surface area (Å²) in [6.07, 6.45) is 3.04. The lowest BCUT2D eigenvalue weighted by atomic mass is 9.90. The van der Waals surface area contributed by atoms with Gasteiger partial charge in [0.25, 0.3) is 5.91 Å². The lowest BCUT2D eigenvalue weighted by Crippen LogP contribution is -2.21. The van der Waals surface area contributed by atoms with Gasteiger partial charge >= 0.3 is 11.7 Å². The minimum atomic E-state index is -0.555. The van der Waals surface area contributed by atoms with Gasteiger partial charge in [-0.3, -0.25) is 14.9 Å². The molecular formula is C20H22N2O6S. The number of aryl methyl sites for hydroxylation is 2. The Balaban J connectivity index is 1.61. The van der Waals surface area contributed by atoms with Crippen LogP contribution in [0.25, 0.3) is 0 Å². The number of fused-ring (bicyclic) bond motifs is 1. The summed E-state index contributed by atoms with van der Waals surface area (Å²) < 4.78 is 10.2. The quantitative estimate of drug-likeness (QED) is 0.433. The monoisotopic (exact) mass is 418 g/mol. The molecule has 0 radical (unpaired) electrons. The summed E-state index contributed by atoms with van der Waals surface area (Å²) in [6.45, 7) is 3.37. The Kier molecular flexibility index (Phi) is 6.17. The molecule has 1 heterocycles. The van der Waals surface area contributed by atoms with Crippen LogP contribution >= 0.6 is 11.3 Å². The molecule has 1 aliphatic carbocycles. The van der Waals surface area contributed by atoms with Crippen LogP contribution < -0.4 is 10.1 Å². The zero-order valence-electron chi connectivity index (χ0n) is 16.4. The van der Waals surface area contributed by atoms with Crippen molar-refractivity contribution in [3.05, 3.63) is 49.2 Å². The first-order valence-corrected chi connectivity index (χ1v) is 10.0. The zero-order chi connectivity index (χ0) is 21.1. The Hall–Kier alpha value is -2.94. The number of carbonyl (C=O) groups is 2. The van der Waals surface area contributed by atoms with Crippen LogP contribution in [0.15, 0.2) is 18.2 Å². The topological polar surface area (TPSA) is 108 Å². The van der Waals surface area contributed by atoms with E-state index < -0.39 is 23.4 Å². The zero-order valence-corrected chi connectivity index (χ0v) is 17.3. The maximum atomic E-state index is 12.3. The van der Waals surface area contributed by atoms with Gasteiger partial charge in [0.15, 0.2) is 12.4 Å². The lowest BCUT2D eigenvalue weighted by molar-refractivity contribution is -0.385. The number of anilines is 1. The fraction of sp³-hybridized carbons (Fsp3) is 0.400. The Bertz CT molecular complexity index is 968. The summed E-state index contributed by atoms with van der Waals surface area (Å²) in [6, 6.07) is 4.56. The van der Waals surface area contributed by atoms with Crippen molar-refractivity contribution in [1.82, 2.24) is 0 Å². The number of hydrogen-bond acceptors (Lipinski definition) is 7. The summed E-state index contributed by atoms with van der Waals surface area (Å²) >= 11 is 1.43. The summed E-state index contributed by atoms with van der Waals surface area (Å²) in [4.78, 5) is 36.7. The molecule has 154 valence electrons. The fourth-order valence-electron chi connectivity index (χ4n) is 3.31. The minimum Gasteiger partial charge on any atom is -0.490 e. The van der Waals surface area contributed by atoms with E-state index in [0.717, 1.165) is 19.3 Å². The first kappa shape index (κ1) is 20.8. The smallest absolute Gasteiger partial charge is 0.348 e. The van der Waals surface area contributed by atoms with Crippen molar-refractivity contribution >= 4 is 34.6 Å². The summed E-state index contributed by atoms with van der Waals surface area (Å²) in [5.41, 5.74) is 1.86. The van der Waals surface area contributed by atoms with Gasteiger partial charge in [-0.1, -0.05) is 6.92 Å². The van der Waals surface area contributed by atoms with Crippen LogP contribution in [-0.2, 0) is 22.4 Å². The second-order valence-electron chi connectivity index (χ2n) is 7.13. The van der Waals surface area contributed by atoms with Crippen LogP contribution in [0.2, 0.25) is 0 Å². The molecule has 0 bridgehead atoms. The van der Waals surface area contributed by atoms with E-state index in [-0.39, 0.29) is 11.4 Å². The second kappa shape index (κ2) is 8.60. The molecular weight excluding hydrogens is 396 g/mol. The van der Waals surface area contributed by atoms with Gasteiger partial charge in [-0.05, 0) is 49.3 Å². The molecule has 0 fully saturated rings. The van der Waals surface area contributed by atoms with E-state index in [0.29, 0.717) is 22.0 Å². The van der Waals surface area contributed by atoms with E-state index in [2.05, 4.69) is 12.2 Å². The van der Waals surface area contributed by atoms with Gasteiger partial charge in [0.2, 0.25) is 0 Å². The molecule has 1 aromatic heterocycles. The molecule has 29 heavy (non-hydrogen) atoms. The molecule has 1 aliphatic rings. The van der Waals surface area contributed by atoms with Crippen molar-refractivity contribution in [2.45, 2.75) is 33.1 Å². The molecule has 0 saturated heterocycles. The van der Waals surface area contributed by atoms with Crippen LogP contribution in [0.4, 0.5) is 11.4 Å². The van der Waals surface area contributed by atoms with Gasteiger partial charge in [0.05, 0.1) is 12.0 Å². The third-order valence-corrected chi connectivity index (χ3v) is 6.08. The summed E-state index contributed by atoms with van der Waals surface area (Å²) in [5, 5.41) is 13.6. The number of rotatable bonds is 6. The third-order valence-electron chi connectivity index (χ3n) is 4.86. The van der Waals surface area contributed by atoms with Gasteiger partial charge < -0.3 is 14.8 Å². The Morgan fingerprint density at radius 3 is 2.79 bits per heavy atom. The van der Waals surface area contributed by atoms with E-state index in [4.69, 9.17) is 9.47 Å². The minimum absolute atomic E-state index is 0.0336. The van der Waals surface area contributed by atoms with Crippen molar-refractivity contribution in [3.63, 3.8) is 0 Å². The number of nitrogens with one attached hydrogen (secondary N) is 1. The SMILES string of the molecule is COc1cc(NC(=O)COC(=O)c2cc3c(s2)CC[C@@H](C)C3)c(C)cc1[N+](=O)[O-]. The Morgan fingerprint density at radius 1 is 1.34 bits per heavy atom. The van der Waals surface area contributed by atoms with E-state index in [9.17, 15) is 19.7 Å². The van der Waals surface area contributed by atoms with Gasteiger partial charge in [-0.25, -0.2) is 4.79 Å². The molecule has 8 nitrogen and oxygen atoms in total. The summed E-state index contributed by atoms with van der Waals surface area (Å²) in [7, 11) is 1.31. The van der Waals surface area contributed by atoms with Crippen molar-refractivity contribution in [2.75, 3.05) is 19.0 Å². The van der Waals surface area contributed by atoms with Crippen LogP contribution in [-0.4, -0.2) is 30.5 Å². The standard InChI is InChI=1S/C20H22N2O6S/c1-11-4-5-17-13(6-11)8-18(29-17)20(24)28-10-19(23)21-14-9-16(27-3)15(22(25)26)7-12(14)2/h7-9,11H,4-6,10H2,1-3H3,(H,21,23)/t11-/m1/s1. The van der Waals surface area contributed by atoms with Crippen molar-refractivity contribution < 1.29 is 24.0 Å². The van der Waals surface area contributed by atoms with E-state index in [1.807, 2.05) is 6.07 Å². The first-order chi connectivity index (χ1) is 13.8. The predicted molar refractivity (Wildman–Crippen MR) is 109 cm³/mol. The highest BCUT2D eigenvalue weighted by Crippen LogP contribution is 2.33. The molecule has 0 spiro atoms. The fourth-order valence-corrected chi connectivity index (χ4v) is 4.41. The Morgan fingerprint density at radius 2 is 2.10 bits per heavy atom. The number of thiophene rings is 1. The van der Waals surface area contributed by atoms with Gasteiger partial charge in [0, 0.05) is 22.7 Å². The molecule has 1 amide bonds. The molecule has 0 unspecified atom stereocenters.